The molecular weight excluding hydrogens is 667 g/mol. The highest BCUT2D eigenvalue weighted by molar-refractivity contribution is 6.20. The first-order valence-corrected chi connectivity index (χ1v) is 19.6. The third-order valence-corrected chi connectivity index (χ3v) is 11.8. The molecule has 0 bridgehead atoms. The molecule has 0 amide bonds. The van der Waals surface area contributed by atoms with Gasteiger partial charge in [0.1, 0.15) is 0 Å². The molecule has 0 saturated heterocycles. The van der Waals surface area contributed by atoms with Gasteiger partial charge in [0.2, 0.25) is 0 Å². The lowest BCUT2D eigenvalue weighted by molar-refractivity contribution is 0.718. The van der Waals surface area contributed by atoms with Crippen LogP contribution in [-0.4, -0.2) is 10.3 Å². The van der Waals surface area contributed by atoms with E-state index < -0.39 is 6.04 Å². The number of benzene rings is 7. The quantitative estimate of drug-likeness (QED) is 0.172. The predicted octanol–water partition coefficient (Wildman–Crippen LogP) is 13.2. The van der Waals surface area contributed by atoms with E-state index in [1.165, 1.54) is 55.2 Å². The first-order chi connectivity index (χ1) is 27.0. The largest absolute Gasteiger partial charge is 0.319 e. The Morgan fingerprint density at radius 3 is 2.16 bits per heavy atom. The molecule has 10 rings (SSSR count). The maximum Gasteiger partial charge on any atom is 0.0733 e. The van der Waals surface area contributed by atoms with Crippen LogP contribution in [0.1, 0.15) is 65.6 Å². The third-order valence-electron chi connectivity index (χ3n) is 11.8. The van der Waals surface area contributed by atoms with E-state index in [9.17, 15) is 0 Å². The zero-order valence-electron chi connectivity index (χ0n) is 31.3. The third kappa shape index (κ3) is 5.58. The summed E-state index contributed by atoms with van der Waals surface area (Å²) < 4.78 is 2.54. The number of aromatic nitrogens is 1. The molecule has 7 aromatic carbocycles. The van der Waals surface area contributed by atoms with Crippen LogP contribution in [0, 0.1) is 5.92 Å². The van der Waals surface area contributed by atoms with Crippen molar-refractivity contribution in [3.8, 4) is 16.8 Å². The highest BCUT2D eigenvalue weighted by atomic mass is 15.0. The summed E-state index contributed by atoms with van der Waals surface area (Å²) in [6, 6.07) is 51.6. The van der Waals surface area contributed by atoms with Gasteiger partial charge in [0.25, 0.3) is 0 Å². The molecule has 3 unspecified atom stereocenters. The summed E-state index contributed by atoms with van der Waals surface area (Å²) in [4.78, 5) is 5.27. The Hall–Kier alpha value is -6.29. The number of fused-ring (bicyclic) bond motifs is 8. The summed E-state index contributed by atoms with van der Waals surface area (Å²) in [5, 5.41) is 4.96. The fraction of sp³-hybridized carbons (Fsp3) is 0.135. The summed E-state index contributed by atoms with van der Waals surface area (Å²) in [6.07, 6.45) is 11.7. The summed E-state index contributed by atoms with van der Waals surface area (Å²) in [6.45, 7) is 4.70. The molecule has 55 heavy (non-hydrogen) atoms. The topological polar surface area (TPSA) is 43.3 Å². The number of hydrogen-bond acceptors (Lipinski definition) is 2. The Kier molecular flexibility index (Phi) is 8.19. The van der Waals surface area contributed by atoms with Crippen LogP contribution in [-0.2, 0) is 6.42 Å². The van der Waals surface area contributed by atoms with E-state index in [2.05, 4.69) is 140 Å². The Morgan fingerprint density at radius 1 is 0.691 bits per heavy atom. The average molecular weight is 710 g/mol. The Morgan fingerprint density at radius 2 is 1.38 bits per heavy atom. The molecule has 0 aliphatic heterocycles. The van der Waals surface area contributed by atoms with E-state index in [4.69, 9.17) is 10.7 Å². The van der Waals surface area contributed by atoms with Crippen LogP contribution in [0.2, 0.25) is 0 Å². The number of hydrogen-bond donors (Lipinski definition) is 1. The highest BCUT2D eigenvalue weighted by Crippen LogP contribution is 2.48. The van der Waals surface area contributed by atoms with Crippen molar-refractivity contribution in [3.05, 3.63) is 191 Å². The van der Waals surface area contributed by atoms with Crippen LogP contribution in [0.5, 0.6) is 0 Å². The molecule has 1 aromatic heterocycles. The lowest BCUT2D eigenvalue weighted by Crippen LogP contribution is -2.23. The summed E-state index contributed by atoms with van der Waals surface area (Å²) >= 11 is 0. The Balaban J connectivity index is 1.30. The second kappa shape index (κ2) is 13.5. The van der Waals surface area contributed by atoms with Gasteiger partial charge in [0.05, 0.1) is 34.2 Å². The van der Waals surface area contributed by atoms with E-state index in [1.54, 1.807) is 0 Å². The molecule has 2 aliphatic carbocycles. The molecule has 0 radical (unpaired) electrons. The smallest absolute Gasteiger partial charge is 0.0733 e. The molecular formula is C52H43N3. The first kappa shape index (κ1) is 33.3. The van der Waals surface area contributed by atoms with Gasteiger partial charge in [0.15, 0.2) is 0 Å². The maximum absolute atomic E-state index is 7.17. The van der Waals surface area contributed by atoms with Crippen LogP contribution < -0.4 is 5.73 Å². The van der Waals surface area contributed by atoms with E-state index in [0.29, 0.717) is 11.8 Å². The molecule has 3 atom stereocenters. The monoisotopic (exact) mass is 709 g/mol. The van der Waals surface area contributed by atoms with E-state index in [-0.39, 0.29) is 0 Å². The van der Waals surface area contributed by atoms with Crippen molar-refractivity contribution < 1.29 is 0 Å². The minimum absolute atomic E-state index is 0.407. The lowest BCUT2D eigenvalue weighted by atomic mass is 9.80. The zero-order chi connectivity index (χ0) is 37.0. The molecule has 1 heterocycles. The number of allylic oxidation sites excluding steroid dienone is 2. The van der Waals surface area contributed by atoms with Crippen molar-refractivity contribution in [1.29, 1.82) is 0 Å². The van der Waals surface area contributed by atoms with Crippen molar-refractivity contribution in [2.75, 3.05) is 0 Å². The fourth-order valence-corrected chi connectivity index (χ4v) is 9.20. The van der Waals surface area contributed by atoms with Gasteiger partial charge in [-0.15, -0.1) is 0 Å². The Bertz CT molecular complexity index is 2840. The number of aliphatic imine (C=N–C) groups is 1. The van der Waals surface area contributed by atoms with Gasteiger partial charge >= 0.3 is 0 Å². The fourth-order valence-electron chi connectivity index (χ4n) is 9.20. The SMILES string of the molecule is CC1C=Cc2c(ccc3c2c2c4c(c(-c5ccccc5)cc2n3-c2ccc(C(=Nc3ccccc3)C(N)c3ccccc3)c3ccccc23)C(C)CC=C4)C1. The molecule has 2 N–H and O–H groups in total. The van der Waals surface area contributed by atoms with Crippen LogP contribution >= 0.6 is 0 Å². The molecule has 3 nitrogen and oxygen atoms in total. The molecule has 0 fully saturated rings. The minimum Gasteiger partial charge on any atom is -0.319 e. The summed E-state index contributed by atoms with van der Waals surface area (Å²) in [5.41, 5.74) is 22.7. The first-order valence-electron chi connectivity index (χ1n) is 19.6. The van der Waals surface area contributed by atoms with Gasteiger partial charge in [-0.25, -0.2) is 0 Å². The molecule has 2 aliphatic rings. The van der Waals surface area contributed by atoms with Crippen molar-refractivity contribution >= 4 is 56.1 Å². The van der Waals surface area contributed by atoms with Crippen molar-refractivity contribution in [2.45, 2.75) is 38.6 Å². The molecule has 0 spiro atoms. The van der Waals surface area contributed by atoms with Crippen molar-refractivity contribution in [2.24, 2.45) is 16.6 Å². The van der Waals surface area contributed by atoms with Crippen molar-refractivity contribution in [1.82, 2.24) is 4.57 Å². The van der Waals surface area contributed by atoms with Crippen LogP contribution in [0.25, 0.3) is 61.5 Å². The number of nitrogens with zero attached hydrogens (tertiary/aromatic N) is 2. The van der Waals surface area contributed by atoms with Crippen molar-refractivity contribution in [3.63, 3.8) is 0 Å². The second-order valence-corrected chi connectivity index (χ2v) is 15.4. The Labute approximate surface area is 322 Å². The number of nitrogens with two attached hydrogens (primary N) is 1. The van der Waals surface area contributed by atoms with Gasteiger partial charge in [-0.05, 0) is 99.3 Å². The van der Waals surface area contributed by atoms with Gasteiger partial charge < -0.3 is 10.3 Å². The van der Waals surface area contributed by atoms with Crippen LogP contribution in [0.15, 0.2) is 163 Å². The summed E-state index contributed by atoms with van der Waals surface area (Å²) in [7, 11) is 0. The normalized spacial score (nSPS) is 17.1. The predicted molar refractivity (Wildman–Crippen MR) is 234 cm³/mol. The molecule has 0 saturated carbocycles. The van der Waals surface area contributed by atoms with Gasteiger partial charge in [-0.2, -0.15) is 0 Å². The highest BCUT2D eigenvalue weighted by Gasteiger charge is 2.28. The summed E-state index contributed by atoms with van der Waals surface area (Å²) in [5.74, 6) is 0.923. The second-order valence-electron chi connectivity index (χ2n) is 15.4. The van der Waals surface area contributed by atoms with Gasteiger partial charge in [-0.1, -0.05) is 153 Å². The standard InChI is InChI=1S/C52H43N3/c1-33-25-27-39-37(31-33)26-29-46-49(39)50-43-24-14-15-34(2)48(43)44(35-16-6-3-7-17-35)32-47(50)55(46)45-30-28-42(40-22-12-13-23-41(40)45)52(54-38-20-10-5-11-21-38)51(53)36-18-8-4-9-19-36/h3-14,16-30,32-34,51H,15,31,53H2,1-2H3. The minimum atomic E-state index is -0.418. The average Bonchev–Trinajstić information content (AvgIpc) is 3.57. The molecule has 8 aromatic rings. The van der Waals surface area contributed by atoms with E-state index in [1.807, 2.05) is 48.5 Å². The van der Waals surface area contributed by atoms with Gasteiger partial charge in [-0.3, -0.25) is 4.99 Å². The van der Waals surface area contributed by atoms with E-state index >= 15 is 0 Å². The van der Waals surface area contributed by atoms with Crippen LogP contribution in [0.4, 0.5) is 5.69 Å². The van der Waals surface area contributed by atoms with Gasteiger partial charge in [0, 0.05) is 21.7 Å². The molecule has 266 valence electrons. The zero-order valence-corrected chi connectivity index (χ0v) is 31.3. The maximum atomic E-state index is 7.17. The number of rotatable bonds is 6. The number of para-hydroxylation sites is 1. The lowest BCUT2D eigenvalue weighted by Gasteiger charge is -2.24. The van der Waals surface area contributed by atoms with Crippen LogP contribution in [0.3, 0.4) is 0 Å². The molecule has 3 heteroatoms. The van der Waals surface area contributed by atoms with E-state index in [0.717, 1.165) is 51.8 Å².